The first kappa shape index (κ1) is 21.6. The summed E-state index contributed by atoms with van der Waals surface area (Å²) in [6, 6.07) is 6.47. The average Bonchev–Trinajstić information content (AvgIpc) is 3.42. The van der Waals surface area contributed by atoms with Gasteiger partial charge < -0.3 is 10.6 Å². The molecule has 8 nitrogen and oxygen atoms in total. The second-order valence-corrected chi connectivity index (χ2v) is 10.4. The third kappa shape index (κ3) is 2.81. The summed E-state index contributed by atoms with van der Waals surface area (Å²) < 4.78 is 1.82. The van der Waals surface area contributed by atoms with Crippen LogP contribution in [0, 0.1) is 11.3 Å². The highest BCUT2D eigenvalue weighted by atomic mass is 35.5. The van der Waals surface area contributed by atoms with Gasteiger partial charge >= 0.3 is 0 Å². The summed E-state index contributed by atoms with van der Waals surface area (Å²) in [5.41, 5.74) is 9.79. The summed E-state index contributed by atoms with van der Waals surface area (Å²) in [5.74, 6) is 0.238. The quantitative estimate of drug-likeness (QED) is 0.278. The van der Waals surface area contributed by atoms with E-state index in [9.17, 15) is 10.1 Å². The Bertz CT molecular complexity index is 1850. The van der Waals surface area contributed by atoms with Crippen LogP contribution < -0.4 is 16.2 Å². The monoisotopic (exact) mass is 497 g/mol. The molecule has 7 rings (SSSR count). The predicted molar refractivity (Wildman–Crippen MR) is 143 cm³/mol. The number of hydrogen-bond donors (Lipinski definition) is 2. The van der Waals surface area contributed by atoms with Crippen LogP contribution in [0.15, 0.2) is 23.1 Å². The van der Waals surface area contributed by atoms with Crippen molar-refractivity contribution in [1.82, 2.24) is 20.0 Å². The lowest BCUT2D eigenvalue weighted by Gasteiger charge is -2.23. The molecule has 36 heavy (non-hydrogen) atoms. The second kappa shape index (κ2) is 7.66. The smallest absolute Gasteiger partial charge is 0.272 e. The van der Waals surface area contributed by atoms with Crippen molar-refractivity contribution in [2.45, 2.75) is 38.1 Å². The fraction of sp³-hybridized carbons (Fsp3) is 0.333. The number of anilines is 1. The Balaban J connectivity index is 1.80. The Morgan fingerprint density at radius 3 is 2.61 bits per heavy atom. The maximum atomic E-state index is 13.2. The van der Waals surface area contributed by atoms with Gasteiger partial charge in [-0.1, -0.05) is 11.6 Å². The Hall–Kier alpha value is -3.67. The molecule has 2 fully saturated rings. The molecule has 0 amide bonds. The number of benzene rings is 3. The summed E-state index contributed by atoms with van der Waals surface area (Å²) in [7, 11) is 1.89. The first-order valence-electron chi connectivity index (χ1n) is 12.4. The van der Waals surface area contributed by atoms with E-state index in [0.717, 1.165) is 87.9 Å². The first-order chi connectivity index (χ1) is 17.5. The van der Waals surface area contributed by atoms with Gasteiger partial charge in [-0.3, -0.25) is 9.48 Å². The van der Waals surface area contributed by atoms with Crippen molar-refractivity contribution in [1.29, 1.82) is 5.26 Å². The number of nitriles is 1. The molecule has 180 valence electrons. The molecule has 1 saturated carbocycles. The van der Waals surface area contributed by atoms with E-state index in [1.807, 2.05) is 30.1 Å². The predicted octanol–water partition coefficient (Wildman–Crippen LogP) is 4.58. The van der Waals surface area contributed by atoms with Crippen molar-refractivity contribution < 1.29 is 0 Å². The van der Waals surface area contributed by atoms with E-state index < -0.39 is 0 Å². The zero-order valence-corrected chi connectivity index (χ0v) is 20.6. The van der Waals surface area contributed by atoms with Crippen molar-refractivity contribution in [2.75, 3.05) is 18.0 Å². The summed E-state index contributed by atoms with van der Waals surface area (Å²) in [5, 5.41) is 28.4. The van der Waals surface area contributed by atoms with Crippen LogP contribution in [-0.2, 0) is 13.6 Å². The van der Waals surface area contributed by atoms with Crippen LogP contribution in [0.1, 0.15) is 48.4 Å². The van der Waals surface area contributed by atoms with E-state index in [0.29, 0.717) is 21.7 Å². The Kier molecular flexibility index (Phi) is 4.60. The van der Waals surface area contributed by atoms with Gasteiger partial charge in [0, 0.05) is 48.2 Å². The second-order valence-electron chi connectivity index (χ2n) is 9.95. The summed E-state index contributed by atoms with van der Waals surface area (Å²) in [6.45, 7) is 2.02. The van der Waals surface area contributed by atoms with Crippen LogP contribution in [0.5, 0.6) is 0 Å². The van der Waals surface area contributed by atoms with Crippen molar-refractivity contribution in [3.63, 3.8) is 0 Å². The van der Waals surface area contributed by atoms with Crippen LogP contribution in [0.3, 0.4) is 0 Å². The zero-order valence-electron chi connectivity index (χ0n) is 19.9. The molecule has 2 aromatic heterocycles. The fourth-order valence-electron chi connectivity index (χ4n) is 6.20. The van der Waals surface area contributed by atoms with E-state index in [1.165, 1.54) is 0 Å². The van der Waals surface area contributed by atoms with Gasteiger partial charge in [-0.25, -0.2) is 5.10 Å². The largest absolute Gasteiger partial charge is 0.370 e. The van der Waals surface area contributed by atoms with Gasteiger partial charge in [-0.05, 0) is 60.1 Å². The van der Waals surface area contributed by atoms with Crippen molar-refractivity contribution in [2.24, 2.45) is 12.8 Å². The molecule has 3 N–H and O–H groups in total. The Labute approximate surface area is 211 Å². The fourth-order valence-corrected chi connectivity index (χ4v) is 6.49. The van der Waals surface area contributed by atoms with Gasteiger partial charge in [0.15, 0.2) is 0 Å². The van der Waals surface area contributed by atoms with Gasteiger partial charge in [0.2, 0.25) is 0 Å². The van der Waals surface area contributed by atoms with E-state index in [-0.39, 0.29) is 18.0 Å². The molecule has 5 aromatic rings. The highest BCUT2D eigenvalue weighted by Gasteiger charge is 2.33. The maximum Gasteiger partial charge on any atom is 0.272 e. The summed E-state index contributed by atoms with van der Waals surface area (Å²) in [6.07, 6.45) is 6.03. The first-order valence-corrected chi connectivity index (χ1v) is 12.7. The number of nitrogens with one attached hydrogen (secondary N) is 1. The molecule has 3 aromatic carbocycles. The summed E-state index contributed by atoms with van der Waals surface area (Å²) in [4.78, 5) is 15.5. The Morgan fingerprint density at radius 1 is 1.14 bits per heavy atom. The number of aromatic amines is 1. The van der Waals surface area contributed by atoms with E-state index in [4.69, 9.17) is 17.3 Å². The highest BCUT2D eigenvalue weighted by Crippen LogP contribution is 2.52. The van der Waals surface area contributed by atoms with Crippen LogP contribution in [0.4, 0.5) is 5.69 Å². The molecule has 0 atom stereocenters. The van der Waals surface area contributed by atoms with Crippen LogP contribution >= 0.6 is 11.6 Å². The number of hydrogen-bond acceptors (Lipinski definition) is 6. The zero-order chi connectivity index (χ0) is 24.7. The third-order valence-electron chi connectivity index (χ3n) is 7.91. The summed E-state index contributed by atoms with van der Waals surface area (Å²) >= 11 is 7.13. The molecular weight excluding hydrogens is 474 g/mol. The Morgan fingerprint density at radius 2 is 1.92 bits per heavy atom. The molecule has 1 aliphatic heterocycles. The normalized spacial score (nSPS) is 16.1. The average molecular weight is 498 g/mol. The van der Waals surface area contributed by atoms with E-state index >= 15 is 0 Å². The molecule has 3 heterocycles. The van der Waals surface area contributed by atoms with Crippen LogP contribution in [0.2, 0.25) is 5.02 Å². The number of aryl methyl sites for hydroxylation is 1. The van der Waals surface area contributed by atoms with Gasteiger partial charge in [-0.15, -0.1) is 0 Å². The number of nitrogens with two attached hydrogens (primary N) is 1. The van der Waals surface area contributed by atoms with E-state index in [1.54, 1.807) is 0 Å². The number of aromatic nitrogens is 4. The minimum atomic E-state index is -0.226. The lowest BCUT2D eigenvalue weighted by Crippen LogP contribution is -2.19. The highest BCUT2D eigenvalue weighted by molar-refractivity contribution is 6.42. The maximum absolute atomic E-state index is 13.2. The van der Waals surface area contributed by atoms with Gasteiger partial charge in [0.05, 0.1) is 39.1 Å². The molecule has 0 radical (unpaired) electrons. The number of rotatable bonds is 3. The number of nitrogens with zero attached hydrogens (tertiary/aromatic N) is 5. The van der Waals surface area contributed by atoms with Crippen molar-refractivity contribution >= 4 is 60.5 Å². The molecule has 0 bridgehead atoms. The van der Waals surface area contributed by atoms with Crippen LogP contribution in [0.25, 0.3) is 43.2 Å². The molecule has 0 unspecified atom stereocenters. The van der Waals surface area contributed by atoms with Gasteiger partial charge in [0.25, 0.3) is 5.56 Å². The number of fused-ring (bicyclic) bond motifs is 7. The standard InChI is InChI=1S/C27H24ClN7O/c1-34-26-17(12-31-34)14-8-15-19(11-30)32-33-27(36)24(15)21(13-4-5-13)22(14)25-18(28)9-20(16(10-29)23(25)26)35-6-2-3-7-35/h8-9,12-13H,2-7,11,30H2,1H3,(H,33,36). The van der Waals surface area contributed by atoms with Crippen LogP contribution in [-0.4, -0.2) is 33.1 Å². The molecule has 0 spiro atoms. The lowest BCUT2D eigenvalue weighted by molar-refractivity contribution is 0.799. The van der Waals surface area contributed by atoms with Crippen molar-refractivity contribution in [3.05, 3.63) is 50.5 Å². The SMILES string of the molecule is Cn1ncc2c3cc4c(CN)n[nH]c(=O)c4c(C4CC4)c3c3c(Cl)cc(N4CCCC4)c(C#N)c3c21. The van der Waals surface area contributed by atoms with Gasteiger partial charge in [-0.2, -0.15) is 15.5 Å². The molecular formula is C27H24ClN7O. The van der Waals surface area contributed by atoms with Crippen molar-refractivity contribution in [3.8, 4) is 6.07 Å². The topological polar surface area (TPSA) is 117 Å². The molecule has 2 aliphatic rings. The minimum absolute atomic E-state index is 0.213. The number of H-pyrrole nitrogens is 1. The van der Waals surface area contributed by atoms with E-state index in [2.05, 4.69) is 26.3 Å². The molecule has 9 heteroatoms. The number of halogens is 1. The minimum Gasteiger partial charge on any atom is -0.370 e. The lowest BCUT2D eigenvalue weighted by atomic mass is 9.87. The third-order valence-corrected chi connectivity index (χ3v) is 8.21. The molecule has 1 aliphatic carbocycles. The molecule has 1 saturated heterocycles. The van der Waals surface area contributed by atoms with Gasteiger partial charge in [0.1, 0.15) is 6.07 Å².